The second kappa shape index (κ2) is 7.82. The highest BCUT2D eigenvalue weighted by molar-refractivity contribution is 5.10. The summed E-state index contributed by atoms with van der Waals surface area (Å²) in [5, 5.41) is 3.29. The van der Waals surface area contributed by atoms with Crippen LogP contribution in [0.5, 0.6) is 0 Å². The first-order valence-corrected chi connectivity index (χ1v) is 7.76. The number of methoxy groups -OCH3 is 2. The predicted octanol–water partition coefficient (Wildman–Crippen LogP) is 2.26. The molecule has 0 bridgehead atoms. The molecule has 0 spiro atoms. The van der Waals surface area contributed by atoms with Crippen LogP contribution in [-0.4, -0.2) is 37.3 Å². The highest BCUT2D eigenvalue weighted by atomic mass is 16.5. The normalized spacial score (nSPS) is 26.0. The van der Waals surface area contributed by atoms with E-state index in [4.69, 9.17) is 9.47 Å². The second-order valence-electron chi connectivity index (χ2n) is 5.97. The average Bonchev–Trinajstić information content (AvgIpc) is 2.53. The lowest BCUT2D eigenvalue weighted by molar-refractivity contribution is -0.0597. The van der Waals surface area contributed by atoms with Crippen LogP contribution >= 0.6 is 0 Å². The number of hydrogen-bond donors (Lipinski definition) is 1. The number of nitrogens with zero attached hydrogens (tertiary/aromatic N) is 2. The zero-order chi connectivity index (χ0) is 15.1. The molecule has 118 valence electrons. The van der Waals surface area contributed by atoms with E-state index >= 15 is 0 Å². The van der Waals surface area contributed by atoms with Crippen molar-refractivity contribution in [1.82, 2.24) is 15.3 Å². The maximum absolute atomic E-state index is 5.81. The third-order valence-corrected chi connectivity index (χ3v) is 4.40. The molecule has 1 saturated carbocycles. The Hall–Kier alpha value is -1.04. The van der Waals surface area contributed by atoms with Gasteiger partial charge in [0.15, 0.2) is 5.82 Å². The summed E-state index contributed by atoms with van der Waals surface area (Å²) in [4.78, 5) is 9.12. The molecule has 21 heavy (non-hydrogen) atoms. The maximum Gasteiger partial charge on any atom is 0.160 e. The van der Waals surface area contributed by atoms with Crippen molar-refractivity contribution in [3.8, 4) is 0 Å². The summed E-state index contributed by atoms with van der Waals surface area (Å²) in [6.45, 7) is 4.61. The van der Waals surface area contributed by atoms with Gasteiger partial charge in [-0.1, -0.05) is 6.92 Å². The standard InChI is InChI=1S/C16H27N3O2/c1-13-4-6-16(21-3,7-5-13)15-18-11-14(12-19-15)10-17-8-9-20-2/h11-13,17H,4-10H2,1-3H3. The zero-order valence-corrected chi connectivity index (χ0v) is 13.4. The molecule has 1 N–H and O–H groups in total. The molecule has 1 aliphatic carbocycles. The largest absolute Gasteiger partial charge is 0.383 e. The summed E-state index contributed by atoms with van der Waals surface area (Å²) >= 11 is 0. The van der Waals surface area contributed by atoms with Crippen LogP contribution in [0, 0.1) is 5.92 Å². The first kappa shape index (κ1) is 16.3. The minimum absolute atomic E-state index is 0.283. The summed E-state index contributed by atoms with van der Waals surface area (Å²) in [7, 11) is 3.48. The Balaban J connectivity index is 1.96. The maximum atomic E-state index is 5.81. The fourth-order valence-corrected chi connectivity index (χ4v) is 2.84. The van der Waals surface area contributed by atoms with Gasteiger partial charge in [0.1, 0.15) is 5.60 Å². The molecule has 0 saturated heterocycles. The number of nitrogens with one attached hydrogen (secondary N) is 1. The molecule has 5 heteroatoms. The van der Waals surface area contributed by atoms with Crippen molar-refractivity contribution < 1.29 is 9.47 Å². The van der Waals surface area contributed by atoms with Crippen LogP contribution < -0.4 is 5.32 Å². The quantitative estimate of drug-likeness (QED) is 0.782. The van der Waals surface area contributed by atoms with E-state index < -0.39 is 0 Å². The van der Waals surface area contributed by atoms with Gasteiger partial charge in [0, 0.05) is 45.3 Å². The van der Waals surface area contributed by atoms with E-state index in [0.717, 1.165) is 43.2 Å². The highest BCUT2D eigenvalue weighted by Crippen LogP contribution is 2.40. The van der Waals surface area contributed by atoms with Gasteiger partial charge >= 0.3 is 0 Å². The van der Waals surface area contributed by atoms with Gasteiger partial charge in [0.2, 0.25) is 0 Å². The predicted molar refractivity (Wildman–Crippen MR) is 81.9 cm³/mol. The minimum atomic E-state index is -0.283. The van der Waals surface area contributed by atoms with Crippen molar-refractivity contribution in [2.24, 2.45) is 5.92 Å². The lowest BCUT2D eigenvalue weighted by Crippen LogP contribution is -2.35. The first-order valence-electron chi connectivity index (χ1n) is 7.76. The third kappa shape index (κ3) is 4.22. The lowest BCUT2D eigenvalue weighted by atomic mass is 9.79. The Morgan fingerprint density at radius 2 is 1.90 bits per heavy atom. The molecule has 0 atom stereocenters. The van der Waals surface area contributed by atoms with Crippen LogP contribution in [0.3, 0.4) is 0 Å². The molecule has 1 aliphatic rings. The molecule has 2 rings (SSSR count). The van der Waals surface area contributed by atoms with Crippen molar-refractivity contribution in [3.63, 3.8) is 0 Å². The number of ether oxygens (including phenoxy) is 2. The van der Waals surface area contributed by atoms with Gasteiger partial charge in [0.25, 0.3) is 0 Å². The molecule has 1 aromatic rings. The van der Waals surface area contributed by atoms with Crippen LogP contribution in [0.4, 0.5) is 0 Å². The molecular formula is C16H27N3O2. The van der Waals surface area contributed by atoms with E-state index in [0.29, 0.717) is 6.61 Å². The molecule has 0 aliphatic heterocycles. The Bertz CT molecular complexity index is 414. The van der Waals surface area contributed by atoms with Crippen molar-refractivity contribution in [2.45, 2.75) is 44.8 Å². The van der Waals surface area contributed by atoms with Crippen LogP contribution in [0.1, 0.15) is 44.0 Å². The van der Waals surface area contributed by atoms with Crippen molar-refractivity contribution in [2.75, 3.05) is 27.4 Å². The number of rotatable bonds is 7. The first-order chi connectivity index (χ1) is 10.2. The van der Waals surface area contributed by atoms with Gasteiger partial charge in [-0.15, -0.1) is 0 Å². The van der Waals surface area contributed by atoms with E-state index in [2.05, 4.69) is 22.2 Å². The van der Waals surface area contributed by atoms with E-state index in [9.17, 15) is 0 Å². The van der Waals surface area contributed by atoms with E-state index in [1.165, 1.54) is 12.8 Å². The van der Waals surface area contributed by atoms with Crippen molar-refractivity contribution >= 4 is 0 Å². The molecule has 1 fully saturated rings. The van der Waals surface area contributed by atoms with Gasteiger partial charge in [-0.3, -0.25) is 0 Å². The Kier molecular flexibility index (Phi) is 6.08. The molecule has 1 aromatic heterocycles. The molecule has 1 heterocycles. The van der Waals surface area contributed by atoms with Crippen LogP contribution in [0.25, 0.3) is 0 Å². The fourth-order valence-electron chi connectivity index (χ4n) is 2.84. The van der Waals surface area contributed by atoms with E-state index in [1.54, 1.807) is 14.2 Å². The smallest absolute Gasteiger partial charge is 0.160 e. The SMILES string of the molecule is COCCNCc1cnc(C2(OC)CCC(C)CC2)nc1. The lowest BCUT2D eigenvalue weighted by Gasteiger charge is -2.36. The minimum Gasteiger partial charge on any atom is -0.383 e. The average molecular weight is 293 g/mol. The molecule has 0 radical (unpaired) electrons. The van der Waals surface area contributed by atoms with E-state index in [-0.39, 0.29) is 5.60 Å². The molecule has 0 aromatic carbocycles. The molecule has 0 amide bonds. The Morgan fingerprint density at radius 3 is 2.48 bits per heavy atom. The summed E-state index contributed by atoms with van der Waals surface area (Å²) in [6, 6.07) is 0. The summed E-state index contributed by atoms with van der Waals surface area (Å²) in [6.07, 6.45) is 8.18. The molecule has 0 unspecified atom stereocenters. The highest BCUT2D eigenvalue weighted by Gasteiger charge is 2.38. The molecule has 5 nitrogen and oxygen atoms in total. The zero-order valence-electron chi connectivity index (χ0n) is 13.4. The van der Waals surface area contributed by atoms with Gasteiger partial charge in [-0.2, -0.15) is 0 Å². The number of aromatic nitrogens is 2. The topological polar surface area (TPSA) is 56.3 Å². The van der Waals surface area contributed by atoms with E-state index in [1.807, 2.05) is 12.4 Å². The fraction of sp³-hybridized carbons (Fsp3) is 0.750. The summed E-state index contributed by atoms with van der Waals surface area (Å²) < 4.78 is 10.8. The Morgan fingerprint density at radius 1 is 1.24 bits per heavy atom. The Labute approximate surface area is 127 Å². The van der Waals surface area contributed by atoms with Crippen molar-refractivity contribution in [1.29, 1.82) is 0 Å². The van der Waals surface area contributed by atoms with Gasteiger partial charge in [0.05, 0.1) is 6.61 Å². The third-order valence-electron chi connectivity index (χ3n) is 4.40. The van der Waals surface area contributed by atoms with Crippen LogP contribution in [0.2, 0.25) is 0 Å². The monoisotopic (exact) mass is 293 g/mol. The van der Waals surface area contributed by atoms with Crippen LogP contribution in [0.15, 0.2) is 12.4 Å². The molecular weight excluding hydrogens is 266 g/mol. The van der Waals surface area contributed by atoms with Gasteiger partial charge < -0.3 is 14.8 Å². The van der Waals surface area contributed by atoms with Gasteiger partial charge in [-0.05, 0) is 31.6 Å². The number of hydrogen-bond acceptors (Lipinski definition) is 5. The van der Waals surface area contributed by atoms with Gasteiger partial charge in [-0.25, -0.2) is 9.97 Å². The summed E-state index contributed by atoms with van der Waals surface area (Å²) in [5.74, 6) is 1.61. The summed E-state index contributed by atoms with van der Waals surface area (Å²) in [5.41, 5.74) is 0.805. The second-order valence-corrected chi connectivity index (χ2v) is 5.97. The van der Waals surface area contributed by atoms with Crippen LogP contribution in [-0.2, 0) is 21.6 Å². The van der Waals surface area contributed by atoms with Crippen molar-refractivity contribution in [3.05, 3.63) is 23.8 Å².